The Labute approximate surface area is 178 Å². The van der Waals surface area contributed by atoms with E-state index >= 15 is 0 Å². The van der Waals surface area contributed by atoms with Crippen LogP contribution in [0.4, 0.5) is 5.95 Å². The molecule has 9 nitrogen and oxygen atoms in total. The predicted molar refractivity (Wildman–Crippen MR) is 113 cm³/mol. The number of anilines is 1. The number of hydrogen-bond acceptors (Lipinski definition) is 9. The van der Waals surface area contributed by atoms with Crippen LogP contribution in [0.2, 0.25) is 5.02 Å². The number of nitrogens with one attached hydrogen (secondary N) is 1. The molecule has 3 aromatic rings. The summed E-state index contributed by atoms with van der Waals surface area (Å²) in [6, 6.07) is 5.52. The SMILES string of the molecule is COCCn1c(NSC(C)Cc2ncc(Cl)cn2)nnc1-c1cccc(OC)n1. The second-order valence-corrected chi connectivity index (χ2v) is 7.79. The van der Waals surface area contributed by atoms with Gasteiger partial charge in [0.15, 0.2) is 5.82 Å². The minimum atomic E-state index is 0.196. The van der Waals surface area contributed by atoms with Crippen molar-refractivity contribution in [2.24, 2.45) is 0 Å². The average molecular weight is 436 g/mol. The number of hydrogen-bond donors (Lipinski definition) is 1. The third-order valence-electron chi connectivity index (χ3n) is 3.93. The van der Waals surface area contributed by atoms with Crippen molar-refractivity contribution in [2.75, 3.05) is 25.5 Å². The van der Waals surface area contributed by atoms with Crippen molar-refractivity contribution in [2.45, 2.75) is 25.1 Å². The molecular weight excluding hydrogens is 414 g/mol. The summed E-state index contributed by atoms with van der Waals surface area (Å²) in [4.78, 5) is 12.9. The molecule has 3 heterocycles. The average Bonchev–Trinajstić information content (AvgIpc) is 3.15. The van der Waals surface area contributed by atoms with Crippen LogP contribution in [0.1, 0.15) is 12.7 Å². The van der Waals surface area contributed by atoms with Gasteiger partial charge in [-0.05, 0) is 18.0 Å². The zero-order chi connectivity index (χ0) is 20.6. The molecule has 0 aromatic carbocycles. The maximum Gasteiger partial charge on any atom is 0.235 e. The summed E-state index contributed by atoms with van der Waals surface area (Å²) in [6.07, 6.45) is 3.89. The molecule has 154 valence electrons. The maximum atomic E-state index is 5.84. The van der Waals surface area contributed by atoms with Crippen LogP contribution < -0.4 is 9.46 Å². The molecule has 0 saturated heterocycles. The number of pyridine rings is 1. The van der Waals surface area contributed by atoms with Gasteiger partial charge in [-0.3, -0.25) is 9.29 Å². The monoisotopic (exact) mass is 435 g/mol. The van der Waals surface area contributed by atoms with E-state index in [1.54, 1.807) is 32.7 Å². The van der Waals surface area contributed by atoms with Crippen molar-refractivity contribution < 1.29 is 9.47 Å². The summed E-state index contributed by atoms with van der Waals surface area (Å²) in [5.41, 5.74) is 0.675. The Morgan fingerprint density at radius 2 is 2.00 bits per heavy atom. The van der Waals surface area contributed by atoms with Crippen molar-refractivity contribution in [1.29, 1.82) is 0 Å². The van der Waals surface area contributed by atoms with Gasteiger partial charge in [0.25, 0.3) is 0 Å². The zero-order valence-electron chi connectivity index (χ0n) is 16.4. The smallest absolute Gasteiger partial charge is 0.235 e. The van der Waals surface area contributed by atoms with Crippen molar-refractivity contribution in [3.63, 3.8) is 0 Å². The Balaban J connectivity index is 1.72. The molecule has 29 heavy (non-hydrogen) atoms. The Morgan fingerprint density at radius 3 is 2.72 bits per heavy atom. The van der Waals surface area contributed by atoms with E-state index in [0.717, 1.165) is 5.82 Å². The quantitative estimate of drug-likeness (QED) is 0.481. The number of halogens is 1. The fourth-order valence-electron chi connectivity index (χ4n) is 2.51. The van der Waals surface area contributed by atoms with Crippen LogP contribution >= 0.6 is 23.5 Å². The van der Waals surface area contributed by atoms with E-state index in [2.05, 4.69) is 36.8 Å². The molecule has 0 spiro atoms. The van der Waals surface area contributed by atoms with E-state index in [0.29, 0.717) is 47.9 Å². The first-order chi connectivity index (χ1) is 14.1. The fourth-order valence-corrected chi connectivity index (χ4v) is 3.30. The molecule has 0 aliphatic carbocycles. The van der Waals surface area contributed by atoms with Gasteiger partial charge < -0.3 is 9.47 Å². The van der Waals surface area contributed by atoms with Crippen LogP contribution in [0, 0.1) is 0 Å². The Bertz CT molecular complexity index is 923. The van der Waals surface area contributed by atoms with E-state index in [9.17, 15) is 0 Å². The van der Waals surface area contributed by atoms with E-state index < -0.39 is 0 Å². The van der Waals surface area contributed by atoms with E-state index in [-0.39, 0.29) is 5.25 Å². The van der Waals surface area contributed by atoms with Crippen LogP contribution in [0.15, 0.2) is 30.6 Å². The van der Waals surface area contributed by atoms with E-state index in [1.807, 2.05) is 16.7 Å². The van der Waals surface area contributed by atoms with Gasteiger partial charge in [0.1, 0.15) is 11.5 Å². The first-order valence-corrected chi connectivity index (χ1v) is 10.2. The molecule has 0 aliphatic heterocycles. The minimum Gasteiger partial charge on any atom is -0.481 e. The van der Waals surface area contributed by atoms with Gasteiger partial charge in [0.05, 0.1) is 25.3 Å². The second kappa shape index (κ2) is 10.4. The topological polar surface area (TPSA) is 99.9 Å². The van der Waals surface area contributed by atoms with Gasteiger partial charge in [-0.25, -0.2) is 15.0 Å². The Morgan fingerprint density at radius 1 is 1.21 bits per heavy atom. The molecule has 1 N–H and O–H groups in total. The molecular formula is C18H22ClN7O2S. The normalized spacial score (nSPS) is 12.0. The van der Waals surface area contributed by atoms with Gasteiger partial charge in [-0.1, -0.05) is 24.6 Å². The number of methoxy groups -OCH3 is 2. The highest BCUT2D eigenvalue weighted by atomic mass is 35.5. The molecule has 1 atom stereocenters. The molecule has 0 radical (unpaired) electrons. The summed E-state index contributed by atoms with van der Waals surface area (Å²) in [6.45, 7) is 3.17. The molecule has 0 saturated carbocycles. The lowest BCUT2D eigenvalue weighted by molar-refractivity contribution is 0.188. The summed E-state index contributed by atoms with van der Waals surface area (Å²) in [5, 5.41) is 9.32. The number of ether oxygens (including phenoxy) is 2. The molecule has 3 aromatic heterocycles. The Hall–Kier alpha value is -2.43. The predicted octanol–water partition coefficient (Wildman–Crippen LogP) is 3.13. The van der Waals surface area contributed by atoms with Crippen molar-refractivity contribution >= 4 is 29.5 Å². The third kappa shape index (κ3) is 5.78. The fraction of sp³-hybridized carbons (Fsp3) is 0.389. The van der Waals surface area contributed by atoms with Gasteiger partial charge in [0, 0.05) is 37.2 Å². The number of rotatable bonds is 10. The molecule has 0 aliphatic rings. The van der Waals surface area contributed by atoms with Crippen LogP contribution in [-0.2, 0) is 17.7 Å². The van der Waals surface area contributed by atoms with Gasteiger partial charge in [-0.15, -0.1) is 10.2 Å². The molecule has 11 heteroatoms. The van der Waals surface area contributed by atoms with Crippen molar-refractivity contribution in [3.05, 3.63) is 41.4 Å². The standard InChI is InChI=1S/C18H22ClN7O2S/c1-12(9-15-20-10-13(19)11-21-15)29-25-18-24-23-17(26(18)7-8-27-2)14-5-4-6-16(22-14)28-3/h4-6,10-12H,7-9H2,1-3H3,(H,24,25). The highest BCUT2D eigenvalue weighted by molar-refractivity contribution is 8.01. The second-order valence-electron chi connectivity index (χ2n) is 6.11. The van der Waals surface area contributed by atoms with E-state index in [1.165, 1.54) is 11.9 Å². The highest BCUT2D eigenvalue weighted by Crippen LogP contribution is 2.24. The first kappa shape index (κ1) is 21.3. The summed E-state index contributed by atoms with van der Waals surface area (Å²) in [7, 11) is 3.24. The zero-order valence-corrected chi connectivity index (χ0v) is 17.9. The molecule has 3 rings (SSSR count). The molecule has 0 amide bonds. The molecule has 0 bridgehead atoms. The minimum absolute atomic E-state index is 0.196. The maximum absolute atomic E-state index is 5.84. The van der Waals surface area contributed by atoms with Gasteiger partial charge in [0.2, 0.25) is 11.8 Å². The lowest BCUT2D eigenvalue weighted by Gasteiger charge is -2.13. The number of aromatic nitrogens is 6. The first-order valence-electron chi connectivity index (χ1n) is 8.92. The van der Waals surface area contributed by atoms with Crippen LogP contribution in [-0.4, -0.2) is 55.8 Å². The lowest BCUT2D eigenvalue weighted by atomic mass is 10.3. The largest absolute Gasteiger partial charge is 0.481 e. The van der Waals surface area contributed by atoms with Gasteiger partial charge in [-0.2, -0.15) is 0 Å². The van der Waals surface area contributed by atoms with Gasteiger partial charge >= 0.3 is 0 Å². The number of nitrogens with zero attached hydrogens (tertiary/aromatic N) is 6. The summed E-state index contributed by atoms with van der Waals surface area (Å²) in [5.74, 6) is 2.51. The molecule has 0 fully saturated rings. The highest BCUT2D eigenvalue weighted by Gasteiger charge is 2.17. The Kier molecular flexibility index (Phi) is 7.62. The van der Waals surface area contributed by atoms with Crippen molar-refractivity contribution in [3.8, 4) is 17.4 Å². The van der Waals surface area contributed by atoms with Crippen LogP contribution in [0.3, 0.4) is 0 Å². The summed E-state index contributed by atoms with van der Waals surface area (Å²) >= 11 is 7.36. The third-order valence-corrected chi connectivity index (χ3v) is 4.99. The van der Waals surface area contributed by atoms with Crippen LogP contribution in [0.5, 0.6) is 5.88 Å². The van der Waals surface area contributed by atoms with E-state index in [4.69, 9.17) is 21.1 Å². The molecule has 1 unspecified atom stereocenters. The lowest BCUT2D eigenvalue weighted by Crippen LogP contribution is -2.12. The van der Waals surface area contributed by atoms with Crippen LogP contribution in [0.25, 0.3) is 11.5 Å². The summed E-state index contributed by atoms with van der Waals surface area (Å²) < 4.78 is 15.7. The van der Waals surface area contributed by atoms with Crippen molar-refractivity contribution in [1.82, 2.24) is 29.7 Å².